The quantitative estimate of drug-likeness (QED) is 0.764. The molecule has 1 aromatic rings. The molecule has 1 spiro atoms. The van der Waals surface area contributed by atoms with Crippen LogP contribution in [0.15, 0.2) is 29.2 Å². The molecule has 2 aliphatic heterocycles. The Morgan fingerprint density at radius 1 is 1.17 bits per heavy atom. The van der Waals surface area contributed by atoms with Gasteiger partial charge in [0.15, 0.2) is 0 Å². The molecule has 2 fully saturated rings. The van der Waals surface area contributed by atoms with Crippen LogP contribution in [0.3, 0.4) is 0 Å². The highest BCUT2D eigenvalue weighted by molar-refractivity contribution is 7.89. The van der Waals surface area contributed by atoms with E-state index < -0.39 is 10.0 Å². The summed E-state index contributed by atoms with van der Waals surface area (Å²) in [7, 11) is -3.32. The molecule has 2 saturated heterocycles. The second-order valence-corrected chi connectivity index (χ2v) is 7.13. The smallest absolute Gasteiger partial charge is 0.243 e. The van der Waals surface area contributed by atoms with Crippen LogP contribution in [0.5, 0.6) is 0 Å². The number of ether oxygens (including phenoxy) is 1. The Balaban J connectivity index is 1.80. The summed E-state index contributed by atoms with van der Waals surface area (Å²) in [6.45, 7) is 3.88. The van der Waals surface area contributed by atoms with E-state index in [0.717, 1.165) is 25.0 Å². The summed E-state index contributed by atoms with van der Waals surface area (Å²) >= 11 is 0. The zero-order chi connectivity index (χ0) is 12.8. The average Bonchev–Trinajstić information content (AvgIpc) is 3.10. The van der Waals surface area contributed by atoms with E-state index in [0.29, 0.717) is 18.0 Å². The van der Waals surface area contributed by atoms with Crippen molar-refractivity contribution in [1.29, 1.82) is 0 Å². The largest absolute Gasteiger partial charge is 0.369 e. The summed E-state index contributed by atoms with van der Waals surface area (Å²) in [4.78, 5) is 0.390. The summed E-state index contributed by atoms with van der Waals surface area (Å²) in [6.07, 6.45) is 1.64. The molecular weight excluding hydrogens is 250 g/mol. The van der Waals surface area contributed by atoms with Crippen molar-refractivity contribution >= 4 is 10.0 Å². The second-order valence-electron chi connectivity index (χ2n) is 5.19. The van der Waals surface area contributed by atoms with Gasteiger partial charge in [-0.2, -0.15) is 4.31 Å². The molecule has 2 heterocycles. The van der Waals surface area contributed by atoms with Crippen molar-refractivity contribution in [2.45, 2.75) is 30.3 Å². The number of epoxide rings is 1. The lowest BCUT2D eigenvalue weighted by atomic mass is 10.00. The molecule has 0 atom stereocenters. The maximum Gasteiger partial charge on any atom is 0.243 e. The van der Waals surface area contributed by atoms with E-state index in [9.17, 15) is 8.42 Å². The van der Waals surface area contributed by atoms with E-state index in [1.54, 1.807) is 16.4 Å². The summed E-state index contributed by atoms with van der Waals surface area (Å²) in [6, 6.07) is 7.04. The van der Waals surface area contributed by atoms with Gasteiger partial charge in [-0.15, -0.1) is 0 Å². The first-order valence-corrected chi connectivity index (χ1v) is 7.67. The minimum absolute atomic E-state index is 0.0132. The zero-order valence-electron chi connectivity index (χ0n) is 10.4. The Hall–Kier alpha value is -0.910. The van der Waals surface area contributed by atoms with Crippen LogP contribution in [0, 0.1) is 6.92 Å². The standard InChI is InChI=1S/C13H17NO3S/c1-11-2-4-12(5-3-11)18(15,16)14-8-6-13(7-9-14)10-17-13/h2-5H,6-10H2,1H3. The number of aryl methyl sites for hydroxylation is 1. The van der Waals surface area contributed by atoms with Crippen molar-refractivity contribution in [3.05, 3.63) is 29.8 Å². The molecule has 2 aliphatic rings. The molecule has 4 nitrogen and oxygen atoms in total. The first-order valence-electron chi connectivity index (χ1n) is 6.23. The Morgan fingerprint density at radius 3 is 2.22 bits per heavy atom. The molecule has 0 radical (unpaired) electrons. The number of nitrogens with zero attached hydrogens (tertiary/aromatic N) is 1. The minimum Gasteiger partial charge on any atom is -0.369 e. The third-order valence-corrected chi connectivity index (χ3v) is 5.76. The summed E-state index contributed by atoms with van der Waals surface area (Å²) < 4.78 is 31.8. The lowest BCUT2D eigenvalue weighted by Crippen LogP contribution is -2.41. The van der Waals surface area contributed by atoms with E-state index in [1.165, 1.54) is 0 Å². The molecule has 18 heavy (non-hydrogen) atoms. The maximum absolute atomic E-state index is 12.4. The van der Waals surface area contributed by atoms with E-state index in [-0.39, 0.29) is 5.60 Å². The van der Waals surface area contributed by atoms with Crippen LogP contribution in [0.1, 0.15) is 18.4 Å². The highest BCUT2D eigenvalue weighted by Gasteiger charge is 2.48. The van der Waals surface area contributed by atoms with Crippen LogP contribution in [0.2, 0.25) is 0 Å². The summed E-state index contributed by atoms with van der Waals surface area (Å²) in [5.41, 5.74) is 1.08. The summed E-state index contributed by atoms with van der Waals surface area (Å²) in [5, 5.41) is 0. The molecule has 0 amide bonds. The Kier molecular flexibility index (Phi) is 2.73. The zero-order valence-corrected chi connectivity index (χ0v) is 11.2. The third kappa shape index (κ3) is 2.06. The molecule has 0 unspecified atom stereocenters. The van der Waals surface area contributed by atoms with Crippen LogP contribution in [-0.4, -0.2) is 38.0 Å². The first kappa shape index (κ1) is 12.1. The van der Waals surface area contributed by atoms with Crippen LogP contribution in [0.4, 0.5) is 0 Å². The fraction of sp³-hybridized carbons (Fsp3) is 0.538. The van der Waals surface area contributed by atoms with Crippen molar-refractivity contribution in [3.8, 4) is 0 Å². The Labute approximate surface area is 108 Å². The number of rotatable bonds is 2. The van der Waals surface area contributed by atoms with Gasteiger partial charge >= 0.3 is 0 Å². The lowest BCUT2D eigenvalue weighted by molar-refractivity contribution is 0.202. The fourth-order valence-electron chi connectivity index (χ4n) is 2.38. The van der Waals surface area contributed by atoms with Gasteiger partial charge in [0.25, 0.3) is 0 Å². The van der Waals surface area contributed by atoms with Gasteiger partial charge in [-0.05, 0) is 31.9 Å². The number of hydrogen-bond acceptors (Lipinski definition) is 3. The van der Waals surface area contributed by atoms with Crippen LogP contribution in [-0.2, 0) is 14.8 Å². The number of sulfonamides is 1. The van der Waals surface area contributed by atoms with Crippen molar-refractivity contribution in [2.75, 3.05) is 19.7 Å². The van der Waals surface area contributed by atoms with Crippen molar-refractivity contribution in [1.82, 2.24) is 4.31 Å². The average molecular weight is 267 g/mol. The predicted octanol–water partition coefficient (Wildman–Crippen LogP) is 1.55. The molecule has 0 aromatic heterocycles. The molecular formula is C13H17NO3S. The van der Waals surface area contributed by atoms with E-state index in [4.69, 9.17) is 4.74 Å². The Bertz CT molecular complexity index is 536. The molecule has 0 N–H and O–H groups in total. The molecule has 3 rings (SSSR count). The topological polar surface area (TPSA) is 49.9 Å². The second kappa shape index (κ2) is 4.05. The third-order valence-electron chi connectivity index (χ3n) is 3.84. The van der Waals surface area contributed by atoms with Gasteiger partial charge in [0, 0.05) is 13.1 Å². The number of benzene rings is 1. The van der Waals surface area contributed by atoms with E-state index in [1.807, 2.05) is 19.1 Å². The summed E-state index contributed by atoms with van der Waals surface area (Å²) in [5.74, 6) is 0. The highest BCUT2D eigenvalue weighted by atomic mass is 32.2. The highest BCUT2D eigenvalue weighted by Crippen LogP contribution is 2.38. The fourth-order valence-corrected chi connectivity index (χ4v) is 3.83. The number of hydrogen-bond donors (Lipinski definition) is 0. The van der Waals surface area contributed by atoms with Gasteiger partial charge in [0.05, 0.1) is 17.1 Å². The van der Waals surface area contributed by atoms with Crippen LogP contribution in [0.25, 0.3) is 0 Å². The van der Waals surface area contributed by atoms with E-state index >= 15 is 0 Å². The molecule has 0 saturated carbocycles. The van der Waals surface area contributed by atoms with Gasteiger partial charge in [-0.25, -0.2) is 8.42 Å². The van der Waals surface area contributed by atoms with Gasteiger partial charge in [-0.3, -0.25) is 0 Å². The van der Waals surface area contributed by atoms with Crippen molar-refractivity contribution in [2.24, 2.45) is 0 Å². The van der Waals surface area contributed by atoms with Gasteiger partial charge in [-0.1, -0.05) is 17.7 Å². The lowest BCUT2D eigenvalue weighted by Gasteiger charge is -2.29. The van der Waals surface area contributed by atoms with Crippen molar-refractivity contribution in [3.63, 3.8) is 0 Å². The Morgan fingerprint density at radius 2 is 1.72 bits per heavy atom. The number of piperidine rings is 1. The normalized spacial score (nSPS) is 23.2. The van der Waals surface area contributed by atoms with Crippen LogP contribution < -0.4 is 0 Å². The SMILES string of the molecule is Cc1ccc(S(=O)(=O)N2CCC3(CC2)CO3)cc1. The molecule has 5 heteroatoms. The van der Waals surface area contributed by atoms with Crippen molar-refractivity contribution < 1.29 is 13.2 Å². The van der Waals surface area contributed by atoms with Gasteiger partial charge < -0.3 is 4.74 Å². The predicted molar refractivity (Wildman–Crippen MR) is 67.9 cm³/mol. The van der Waals surface area contributed by atoms with Gasteiger partial charge in [0.1, 0.15) is 0 Å². The minimum atomic E-state index is -3.32. The molecule has 1 aromatic carbocycles. The van der Waals surface area contributed by atoms with E-state index in [2.05, 4.69) is 0 Å². The first-order chi connectivity index (χ1) is 8.52. The molecule has 0 bridgehead atoms. The van der Waals surface area contributed by atoms with Gasteiger partial charge in [0.2, 0.25) is 10.0 Å². The molecule has 98 valence electrons. The maximum atomic E-state index is 12.4. The van der Waals surface area contributed by atoms with Crippen LogP contribution >= 0.6 is 0 Å². The monoisotopic (exact) mass is 267 g/mol. The molecule has 0 aliphatic carbocycles.